The van der Waals surface area contributed by atoms with E-state index in [2.05, 4.69) is 21.7 Å². The molecule has 0 aliphatic carbocycles. The van der Waals surface area contributed by atoms with E-state index in [1.54, 1.807) is 17.4 Å². The number of aliphatic hydroxyl groups is 1. The largest absolute Gasteiger partial charge is 0.396 e. The van der Waals surface area contributed by atoms with Crippen LogP contribution in [0.5, 0.6) is 0 Å². The minimum Gasteiger partial charge on any atom is -0.396 e. The summed E-state index contributed by atoms with van der Waals surface area (Å²) in [5.74, 6) is -0.293. The number of hydrogen-bond donors (Lipinski definition) is 3. The molecule has 1 atom stereocenters. The van der Waals surface area contributed by atoms with Gasteiger partial charge in [0, 0.05) is 42.4 Å². The molecule has 3 aromatic rings. The Morgan fingerprint density at radius 2 is 2.17 bits per heavy atom. The third kappa shape index (κ3) is 4.08. The van der Waals surface area contributed by atoms with Crippen LogP contribution in [0.15, 0.2) is 45.9 Å². The van der Waals surface area contributed by atoms with Crippen LogP contribution in [0.25, 0.3) is 10.9 Å². The van der Waals surface area contributed by atoms with Crippen molar-refractivity contribution in [2.45, 2.75) is 13.0 Å². The van der Waals surface area contributed by atoms with Crippen molar-refractivity contribution in [3.63, 3.8) is 0 Å². The van der Waals surface area contributed by atoms with Crippen LogP contribution in [-0.2, 0) is 13.0 Å². The zero-order chi connectivity index (χ0) is 16.9. The number of aliphatic hydroxyl groups excluding tert-OH is 1. The maximum absolute atomic E-state index is 13.2. The fourth-order valence-corrected chi connectivity index (χ4v) is 3.41. The van der Waals surface area contributed by atoms with Gasteiger partial charge in [0.25, 0.3) is 0 Å². The minimum atomic E-state index is -0.418. The Kier molecular flexibility index (Phi) is 5.40. The molecule has 2 aromatic heterocycles. The molecule has 0 bridgehead atoms. The second-order valence-corrected chi connectivity index (χ2v) is 6.64. The number of aromatic nitrogens is 1. The standard InChI is InChI=1S/C18H19FN2O2S/c19-14-1-2-17-16(6-14)18(23)7-15(21-17)9-20-8-13(10-22)5-12-3-4-24-11-12/h1-4,6-7,11,13,20,22H,5,8-10H2,(H,21,23)/t13-/m0/s1. The highest BCUT2D eigenvalue weighted by atomic mass is 32.1. The van der Waals surface area contributed by atoms with Gasteiger partial charge in [0.1, 0.15) is 5.82 Å². The summed E-state index contributed by atoms with van der Waals surface area (Å²) < 4.78 is 13.2. The Hall–Kier alpha value is -2.02. The zero-order valence-electron chi connectivity index (χ0n) is 13.1. The van der Waals surface area contributed by atoms with Crippen LogP contribution in [0.4, 0.5) is 4.39 Å². The first-order valence-electron chi connectivity index (χ1n) is 7.80. The minimum absolute atomic E-state index is 0.108. The van der Waals surface area contributed by atoms with E-state index in [9.17, 15) is 14.3 Å². The average Bonchev–Trinajstić information content (AvgIpc) is 3.08. The van der Waals surface area contributed by atoms with Crippen LogP contribution in [-0.4, -0.2) is 23.2 Å². The van der Waals surface area contributed by atoms with Crippen LogP contribution in [0.3, 0.4) is 0 Å². The number of nitrogens with one attached hydrogen (secondary N) is 2. The molecule has 3 N–H and O–H groups in total. The normalized spacial score (nSPS) is 12.6. The lowest BCUT2D eigenvalue weighted by molar-refractivity contribution is 0.221. The number of halogens is 1. The second-order valence-electron chi connectivity index (χ2n) is 5.86. The van der Waals surface area contributed by atoms with E-state index < -0.39 is 5.82 Å². The van der Waals surface area contributed by atoms with Gasteiger partial charge in [0.2, 0.25) is 0 Å². The van der Waals surface area contributed by atoms with Crippen molar-refractivity contribution < 1.29 is 9.50 Å². The number of thiophene rings is 1. The highest BCUT2D eigenvalue weighted by Crippen LogP contribution is 2.13. The maximum atomic E-state index is 13.2. The van der Waals surface area contributed by atoms with Crippen LogP contribution >= 0.6 is 11.3 Å². The molecule has 0 aliphatic rings. The van der Waals surface area contributed by atoms with Gasteiger partial charge in [-0.3, -0.25) is 4.79 Å². The van der Waals surface area contributed by atoms with Crippen LogP contribution in [0, 0.1) is 11.7 Å². The Labute approximate surface area is 143 Å². The van der Waals surface area contributed by atoms with E-state index in [1.165, 1.54) is 23.8 Å². The van der Waals surface area contributed by atoms with Gasteiger partial charge in [-0.2, -0.15) is 11.3 Å². The summed E-state index contributed by atoms with van der Waals surface area (Å²) in [6, 6.07) is 7.70. The van der Waals surface area contributed by atoms with Crippen molar-refractivity contribution in [2.24, 2.45) is 5.92 Å². The van der Waals surface area contributed by atoms with Crippen LogP contribution < -0.4 is 10.7 Å². The summed E-state index contributed by atoms with van der Waals surface area (Å²) in [5.41, 5.74) is 2.39. The number of pyridine rings is 1. The van der Waals surface area contributed by atoms with Gasteiger partial charge in [-0.25, -0.2) is 4.39 Å². The van der Waals surface area contributed by atoms with Gasteiger partial charge >= 0.3 is 0 Å². The molecule has 0 aliphatic heterocycles. The molecule has 4 nitrogen and oxygen atoms in total. The van der Waals surface area contributed by atoms with Gasteiger partial charge in [-0.1, -0.05) is 0 Å². The Balaban J connectivity index is 1.63. The van der Waals surface area contributed by atoms with Gasteiger partial charge < -0.3 is 15.4 Å². The molecule has 0 radical (unpaired) electrons. The monoisotopic (exact) mass is 346 g/mol. The van der Waals surface area contributed by atoms with Gasteiger partial charge in [-0.05, 0) is 52.9 Å². The predicted octanol–water partition coefficient (Wildman–Crippen LogP) is 2.67. The Morgan fingerprint density at radius 1 is 1.29 bits per heavy atom. The molecule has 0 unspecified atom stereocenters. The quantitative estimate of drug-likeness (QED) is 0.616. The second kappa shape index (κ2) is 7.70. The molecule has 0 fully saturated rings. The average molecular weight is 346 g/mol. The lowest BCUT2D eigenvalue weighted by Gasteiger charge is -2.14. The lowest BCUT2D eigenvalue weighted by atomic mass is 10.0. The van der Waals surface area contributed by atoms with E-state index in [4.69, 9.17) is 0 Å². The van der Waals surface area contributed by atoms with Crippen molar-refractivity contribution in [1.29, 1.82) is 0 Å². The number of aromatic amines is 1. The van der Waals surface area contributed by atoms with Crippen molar-refractivity contribution in [1.82, 2.24) is 10.3 Å². The van der Waals surface area contributed by atoms with Gasteiger partial charge in [0.15, 0.2) is 5.43 Å². The first kappa shape index (κ1) is 16.8. The fraction of sp³-hybridized carbons (Fsp3) is 0.278. The first-order chi connectivity index (χ1) is 11.7. The smallest absolute Gasteiger partial charge is 0.189 e. The molecule has 1 aromatic carbocycles. The molecule has 2 heterocycles. The number of benzene rings is 1. The summed E-state index contributed by atoms with van der Waals surface area (Å²) in [7, 11) is 0. The molecular formula is C18H19FN2O2S. The molecule has 6 heteroatoms. The molecule has 24 heavy (non-hydrogen) atoms. The number of H-pyrrole nitrogens is 1. The number of fused-ring (bicyclic) bond motifs is 1. The fourth-order valence-electron chi connectivity index (χ4n) is 2.72. The molecular weight excluding hydrogens is 327 g/mol. The van der Waals surface area contributed by atoms with Crippen LogP contribution in [0.1, 0.15) is 11.3 Å². The number of rotatable bonds is 7. The molecule has 0 amide bonds. The van der Waals surface area contributed by atoms with Crippen molar-refractivity contribution in [3.8, 4) is 0 Å². The summed E-state index contributed by atoms with van der Waals surface area (Å²) in [4.78, 5) is 15.2. The van der Waals surface area contributed by atoms with Crippen molar-refractivity contribution in [2.75, 3.05) is 13.2 Å². The summed E-state index contributed by atoms with van der Waals surface area (Å²) in [5, 5.41) is 17.2. The molecule has 126 valence electrons. The van der Waals surface area contributed by atoms with Crippen molar-refractivity contribution >= 4 is 22.2 Å². The Morgan fingerprint density at radius 3 is 2.92 bits per heavy atom. The Bertz CT molecular complexity index is 861. The third-order valence-corrected chi connectivity index (χ3v) is 4.69. The van der Waals surface area contributed by atoms with E-state index in [0.29, 0.717) is 24.0 Å². The highest BCUT2D eigenvalue weighted by molar-refractivity contribution is 7.07. The third-order valence-electron chi connectivity index (χ3n) is 3.96. The van der Waals surface area contributed by atoms with E-state index >= 15 is 0 Å². The van der Waals surface area contributed by atoms with Crippen LogP contribution in [0.2, 0.25) is 0 Å². The topological polar surface area (TPSA) is 65.1 Å². The van der Waals surface area contributed by atoms with E-state index in [1.807, 2.05) is 5.38 Å². The molecule has 0 saturated heterocycles. The first-order valence-corrected chi connectivity index (χ1v) is 8.74. The van der Waals surface area contributed by atoms with E-state index in [0.717, 1.165) is 12.1 Å². The van der Waals surface area contributed by atoms with Gasteiger partial charge in [-0.15, -0.1) is 0 Å². The SMILES string of the molecule is O=c1cc(CNC[C@@H](CO)Cc2ccsc2)[nH]c2ccc(F)cc12. The summed E-state index contributed by atoms with van der Waals surface area (Å²) >= 11 is 1.65. The highest BCUT2D eigenvalue weighted by Gasteiger charge is 2.09. The number of hydrogen-bond acceptors (Lipinski definition) is 4. The van der Waals surface area contributed by atoms with Gasteiger partial charge in [0.05, 0.1) is 0 Å². The predicted molar refractivity (Wildman–Crippen MR) is 94.8 cm³/mol. The van der Waals surface area contributed by atoms with E-state index in [-0.39, 0.29) is 18.0 Å². The summed E-state index contributed by atoms with van der Waals surface area (Å²) in [6.45, 7) is 1.24. The van der Waals surface area contributed by atoms with Crippen molar-refractivity contribution in [3.05, 3.63) is 68.4 Å². The molecule has 3 rings (SSSR count). The molecule has 0 spiro atoms. The zero-order valence-corrected chi connectivity index (χ0v) is 13.9. The maximum Gasteiger partial charge on any atom is 0.189 e. The summed E-state index contributed by atoms with van der Waals surface area (Å²) in [6.07, 6.45) is 0.820. The molecule has 0 saturated carbocycles. The lowest BCUT2D eigenvalue weighted by Crippen LogP contribution is -2.27.